The van der Waals surface area contributed by atoms with Crippen LogP contribution in [0.15, 0.2) is 36.4 Å². The Morgan fingerprint density at radius 1 is 1.11 bits per heavy atom. The van der Waals surface area contributed by atoms with E-state index in [4.69, 9.17) is 11.6 Å². The summed E-state index contributed by atoms with van der Waals surface area (Å²) >= 11 is 5.62. The van der Waals surface area contributed by atoms with E-state index in [2.05, 4.69) is 0 Å². The van der Waals surface area contributed by atoms with Gasteiger partial charge in [-0.05, 0) is 43.7 Å². The van der Waals surface area contributed by atoms with Crippen LogP contribution in [-0.4, -0.2) is 5.78 Å². The van der Waals surface area contributed by atoms with Crippen LogP contribution in [0.25, 0.3) is 0 Å². The van der Waals surface area contributed by atoms with Crippen LogP contribution >= 0.6 is 11.6 Å². The zero-order valence-corrected chi connectivity index (χ0v) is 11.6. The molecule has 1 nitrogen and oxygen atoms in total. The van der Waals surface area contributed by atoms with E-state index >= 15 is 0 Å². The van der Waals surface area contributed by atoms with Crippen molar-refractivity contribution >= 4 is 17.4 Å². The van der Waals surface area contributed by atoms with Gasteiger partial charge in [0.25, 0.3) is 0 Å². The summed E-state index contributed by atoms with van der Waals surface area (Å²) in [5, 5.41) is 0.0719. The summed E-state index contributed by atoms with van der Waals surface area (Å²) in [5.74, 6) is -0.513. The highest BCUT2D eigenvalue weighted by atomic mass is 35.5. The van der Waals surface area contributed by atoms with Gasteiger partial charge in [-0.2, -0.15) is 0 Å². The van der Waals surface area contributed by atoms with Crippen LogP contribution in [0.5, 0.6) is 0 Å². The van der Waals surface area contributed by atoms with Gasteiger partial charge in [0.1, 0.15) is 5.82 Å². The monoisotopic (exact) mass is 276 g/mol. The molecule has 0 aliphatic heterocycles. The van der Waals surface area contributed by atoms with Gasteiger partial charge in [0.15, 0.2) is 5.78 Å². The fraction of sp³-hybridized carbons (Fsp3) is 0.188. The topological polar surface area (TPSA) is 17.1 Å². The molecule has 0 aliphatic carbocycles. The van der Waals surface area contributed by atoms with Crippen molar-refractivity contribution in [2.24, 2.45) is 0 Å². The Bertz CT molecular complexity index is 614. The van der Waals surface area contributed by atoms with Crippen LogP contribution in [0.3, 0.4) is 0 Å². The van der Waals surface area contributed by atoms with Crippen molar-refractivity contribution in [3.63, 3.8) is 0 Å². The molecule has 0 unspecified atom stereocenters. The van der Waals surface area contributed by atoms with Crippen molar-refractivity contribution in [3.05, 3.63) is 69.5 Å². The highest BCUT2D eigenvalue weighted by Crippen LogP contribution is 2.18. The largest absolute Gasteiger partial charge is 0.294 e. The summed E-state index contributed by atoms with van der Waals surface area (Å²) in [6.07, 6.45) is 0.178. The number of ketones is 1. The van der Waals surface area contributed by atoms with Crippen molar-refractivity contribution in [1.29, 1.82) is 0 Å². The molecule has 19 heavy (non-hydrogen) atoms. The maximum atomic E-state index is 13.3. The van der Waals surface area contributed by atoms with Crippen LogP contribution in [0.4, 0.5) is 4.39 Å². The van der Waals surface area contributed by atoms with Gasteiger partial charge >= 0.3 is 0 Å². The van der Waals surface area contributed by atoms with E-state index < -0.39 is 5.82 Å². The molecule has 0 N–H and O–H groups in total. The van der Waals surface area contributed by atoms with Gasteiger partial charge < -0.3 is 0 Å². The SMILES string of the molecule is Cc1cc(C)cc(C(=O)Cc2ccc(Cl)c(F)c2)c1. The third-order valence-electron chi connectivity index (χ3n) is 2.89. The standard InChI is InChI=1S/C16H14ClFO/c1-10-5-11(2)7-13(6-10)16(19)9-12-3-4-14(17)15(18)8-12/h3-8H,9H2,1-2H3. The van der Waals surface area contributed by atoms with Crippen molar-refractivity contribution in [1.82, 2.24) is 0 Å². The number of rotatable bonds is 3. The number of aryl methyl sites for hydroxylation is 2. The van der Waals surface area contributed by atoms with E-state index in [0.29, 0.717) is 11.1 Å². The van der Waals surface area contributed by atoms with Crippen LogP contribution in [0.1, 0.15) is 27.0 Å². The zero-order valence-electron chi connectivity index (χ0n) is 10.8. The molecule has 98 valence electrons. The molecule has 0 heterocycles. The Balaban J connectivity index is 2.22. The molecule has 0 bridgehead atoms. The Labute approximate surface area is 117 Å². The van der Waals surface area contributed by atoms with Crippen LogP contribution < -0.4 is 0 Å². The molecule has 3 heteroatoms. The number of hydrogen-bond donors (Lipinski definition) is 0. The van der Waals surface area contributed by atoms with Gasteiger partial charge in [-0.15, -0.1) is 0 Å². The molecular formula is C16H14ClFO. The highest BCUT2D eigenvalue weighted by molar-refractivity contribution is 6.30. The fourth-order valence-corrected chi connectivity index (χ4v) is 2.19. The molecule has 0 fully saturated rings. The minimum Gasteiger partial charge on any atom is -0.294 e. The van der Waals surface area contributed by atoms with Gasteiger partial charge in [-0.1, -0.05) is 34.9 Å². The number of halogens is 2. The lowest BCUT2D eigenvalue weighted by atomic mass is 9.99. The summed E-state index contributed by atoms with van der Waals surface area (Å²) in [7, 11) is 0. The quantitative estimate of drug-likeness (QED) is 0.753. The van der Waals surface area contributed by atoms with E-state index in [1.165, 1.54) is 12.1 Å². The summed E-state index contributed by atoms with van der Waals surface area (Å²) < 4.78 is 13.3. The van der Waals surface area contributed by atoms with Crippen molar-refractivity contribution in [2.45, 2.75) is 20.3 Å². The Hall–Kier alpha value is -1.67. The number of Topliss-reactive ketones (excluding diaryl/α,β-unsaturated/α-hetero) is 1. The average molecular weight is 277 g/mol. The second-order valence-electron chi connectivity index (χ2n) is 4.72. The summed E-state index contributed by atoms with van der Waals surface area (Å²) in [4.78, 5) is 12.2. The Morgan fingerprint density at radius 3 is 2.32 bits per heavy atom. The lowest BCUT2D eigenvalue weighted by Crippen LogP contribution is -2.04. The molecular weight excluding hydrogens is 263 g/mol. The van der Waals surface area contributed by atoms with E-state index in [1.54, 1.807) is 6.07 Å². The first-order chi connectivity index (χ1) is 8.95. The minimum atomic E-state index is -0.493. The third-order valence-corrected chi connectivity index (χ3v) is 3.20. The van der Waals surface area contributed by atoms with E-state index in [1.807, 2.05) is 32.0 Å². The molecule has 0 spiro atoms. The summed E-state index contributed by atoms with van der Waals surface area (Å²) in [6, 6.07) is 10.2. The van der Waals surface area contributed by atoms with Crippen LogP contribution in [0.2, 0.25) is 5.02 Å². The lowest BCUT2D eigenvalue weighted by Gasteiger charge is -2.05. The fourth-order valence-electron chi connectivity index (χ4n) is 2.07. The van der Waals surface area contributed by atoms with Crippen LogP contribution in [0, 0.1) is 19.7 Å². The molecule has 0 atom stereocenters. The molecule has 2 aromatic carbocycles. The van der Waals surface area contributed by atoms with E-state index in [9.17, 15) is 9.18 Å². The first-order valence-corrected chi connectivity index (χ1v) is 6.39. The highest BCUT2D eigenvalue weighted by Gasteiger charge is 2.09. The molecule has 0 amide bonds. The maximum absolute atomic E-state index is 13.3. The second kappa shape index (κ2) is 5.54. The van der Waals surface area contributed by atoms with Gasteiger partial charge in [-0.25, -0.2) is 4.39 Å². The molecule has 0 aliphatic rings. The molecule has 2 rings (SSSR count). The van der Waals surface area contributed by atoms with Crippen LogP contribution in [-0.2, 0) is 6.42 Å². The smallest absolute Gasteiger partial charge is 0.167 e. The molecule has 0 saturated heterocycles. The van der Waals surface area contributed by atoms with E-state index in [-0.39, 0.29) is 17.2 Å². The molecule has 0 saturated carbocycles. The van der Waals surface area contributed by atoms with Crippen molar-refractivity contribution in [3.8, 4) is 0 Å². The zero-order chi connectivity index (χ0) is 14.0. The number of hydrogen-bond acceptors (Lipinski definition) is 1. The number of carbonyl (C=O) groups is 1. The Morgan fingerprint density at radius 2 is 1.74 bits per heavy atom. The minimum absolute atomic E-state index is 0.0199. The predicted octanol–water partition coefficient (Wildman–Crippen LogP) is 4.52. The second-order valence-corrected chi connectivity index (χ2v) is 5.13. The predicted molar refractivity (Wildman–Crippen MR) is 75.4 cm³/mol. The summed E-state index contributed by atoms with van der Waals surface area (Å²) in [6.45, 7) is 3.90. The summed E-state index contributed by atoms with van der Waals surface area (Å²) in [5.41, 5.74) is 3.38. The number of carbonyl (C=O) groups excluding carboxylic acids is 1. The molecule has 0 radical (unpaired) electrons. The lowest BCUT2D eigenvalue weighted by molar-refractivity contribution is 0.0993. The third kappa shape index (κ3) is 3.42. The van der Waals surface area contributed by atoms with Gasteiger partial charge in [0.2, 0.25) is 0 Å². The van der Waals surface area contributed by atoms with Gasteiger partial charge in [0.05, 0.1) is 5.02 Å². The molecule has 2 aromatic rings. The van der Waals surface area contributed by atoms with Crippen molar-refractivity contribution in [2.75, 3.05) is 0 Å². The molecule has 0 aromatic heterocycles. The van der Waals surface area contributed by atoms with Gasteiger partial charge in [0, 0.05) is 12.0 Å². The first kappa shape index (κ1) is 13.8. The van der Waals surface area contributed by atoms with Crippen molar-refractivity contribution < 1.29 is 9.18 Å². The van der Waals surface area contributed by atoms with Gasteiger partial charge in [-0.3, -0.25) is 4.79 Å². The van der Waals surface area contributed by atoms with E-state index in [0.717, 1.165) is 11.1 Å². The number of benzene rings is 2. The first-order valence-electron chi connectivity index (χ1n) is 6.01. The Kier molecular flexibility index (Phi) is 4.01. The maximum Gasteiger partial charge on any atom is 0.167 e. The normalized spacial score (nSPS) is 10.5. The average Bonchev–Trinajstić information content (AvgIpc) is 2.32.